The molecule has 0 saturated carbocycles. The average molecular weight is 457 g/mol. The van der Waals surface area contributed by atoms with Crippen molar-refractivity contribution in [1.82, 2.24) is 9.62 Å². The van der Waals surface area contributed by atoms with Crippen LogP contribution in [0.1, 0.15) is 24.2 Å². The molecule has 8 heteroatoms. The highest BCUT2D eigenvalue weighted by Crippen LogP contribution is 2.28. The van der Waals surface area contributed by atoms with Crippen molar-refractivity contribution in [3.63, 3.8) is 0 Å². The Morgan fingerprint density at radius 1 is 0.969 bits per heavy atom. The molecule has 0 radical (unpaired) electrons. The molecule has 0 heterocycles. The number of rotatable bonds is 10. The van der Waals surface area contributed by atoms with E-state index in [1.165, 1.54) is 23.5 Å². The second kappa shape index (κ2) is 10.5. The predicted molar refractivity (Wildman–Crippen MR) is 125 cm³/mol. The highest BCUT2D eigenvalue weighted by molar-refractivity contribution is 7.89. The lowest BCUT2D eigenvalue weighted by Crippen LogP contribution is -2.31. The van der Waals surface area contributed by atoms with Crippen molar-refractivity contribution < 1.29 is 22.7 Å². The first-order valence-electron chi connectivity index (χ1n) is 10.5. The predicted octanol–water partition coefficient (Wildman–Crippen LogP) is 3.69. The molecule has 3 aromatic carbocycles. The van der Waals surface area contributed by atoms with Crippen LogP contribution in [0, 0.1) is 0 Å². The van der Waals surface area contributed by atoms with E-state index in [2.05, 4.69) is 5.32 Å². The van der Waals surface area contributed by atoms with Gasteiger partial charge in [0.25, 0.3) is 5.91 Å². The summed E-state index contributed by atoms with van der Waals surface area (Å²) in [4.78, 5) is 12.6. The van der Waals surface area contributed by atoms with Crippen LogP contribution >= 0.6 is 0 Å². The van der Waals surface area contributed by atoms with Gasteiger partial charge in [0.1, 0.15) is 23.0 Å². The first-order valence-corrected chi connectivity index (χ1v) is 11.9. The molecular weight excluding hydrogens is 428 g/mol. The highest BCUT2D eigenvalue weighted by atomic mass is 32.2. The summed E-state index contributed by atoms with van der Waals surface area (Å²) in [5.74, 6) is 0.536. The molecule has 170 valence electrons. The summed E-state index contributed by atoms with van der Waals surface area (Å²) < 4.78 is 38.2. The molecule has 0 aliphatic carbocycles. The van der Waals surface area contributed by atoms with E-state index in [9.17, 15) is 13.2 Å². The quantitative estimate of drug-likeness (QED) is 0.471. The fraction of sp³-hybridized carbons (Fsp3) is 0.292. The maximum atomic E-state index is 13.0. The van der Waals surface area contributed by atoms with E-state index in [0.29, 0.717) is 13.1 Å². The molecule has 0 fully saturated rings. The molecule has 1 N–H and O–H groups in total. The van der Waals surface area contributed by atoms with Gasteiger partial charge in [-0.3, -0.25) is 4.79 Å². The summed E-state index contributed by atoms with van der Waals surface area (Å²) in [6, 6.07) is 18.2. The number of benzene rings is 3. The number of hydrogen-bond acceptors (Lipinski definition) is 5. The van der Waals surface area contributed by atoms with Crippen LogP contribution in [0.5, 0.6) is 11.5 Å². The van der Waals surface area contributed by atoms with Crippen molar-refractivity contribution in [3.8, 4) is 11.5 Å². The fourth-order valence-corrected chi connectivity index (χ4v) is 5.05. The molecular formula is C24H28N2O5S. The van der Waals surface area contributed by atoms with Crippen molar-refractivity contribution in [2.45, 2.75) is 18.7 Å². The van der Waals surface area contributed by atoms with E-state index in [1.807, 2.05) is 42.5 Å². The maximum Gasteiger partial charge on any atom is 0.251 e. The minimum atomic E-state index is -3.78. The monoisotopic (exact) mass is 456 g/mol. The van der Waals surface area contributed by atoms with E-state index in [0.717, 1.165) is 16.5 Å². The van der Waals surface area contributed by atoms with Crippen LogP contribution in [-0.4, -0.2) is 52.0 Å². The Kier molecular flexibility index (Phi) is 7.71. The van der Waals surface area contributed by atoms with E-state index in [4.69, 9.17) is 9.47 Å². The highest BCUT2D eigenvalue weighted by Gasteiger charge is 2.26. The second-order valence-corrected chi connectivity index (χ2v) is 8.97. The van der Waals surface area contributed by atoms with E-state index >= 15 is 0 Å². The van der Waals surface area contributed by atoms with Crippen molar-refractivity contribution in [3.05, 3.63) is 66.2 Å². The lowest BCUT2D eigenvalue weighted by atomic mass is 10.1. The smallest absolute Gasteiger partial charge is 0.251 e. The Labute approximate surface area is 189 Å². The van der Waals surface area contributed by atoms with Crippen LogP contribution in [-0.2, 0) is 10.0 Å². The Bertz CT molecular complexity index is 1190. The molecule has 0 atom stereocenters. The van der Waals surface area contributed by atoms with E-state index in [-0.39, 0.29) is 35.3 Å². The number of methoxy groups -OCH3 is 1. The van der Waals surface area contributed by atoms with Gasteiger partial charge in [-0.05, 0) is 41.1 Å². The van der Waals surface area contributed by atoms with Crippen molar-refractivity contribution in [1.29, 1.82) is 0 Å². The van der Waals surface area contributed by atoms with Gasteiger partial charge in [0, 0.05) is 18.7 Å². The summed E-state index contributed by atoms with van der Waals surface area (Å²) in [6.07, 6.45) is 0. The van der Waals surface area contributed by atoms with Crippen LogP contribution in [0.2, 0.25) is 0 Å². The summed E-state index contributed by atoms with van der Waals surface area (Å²) in [7, 11) is -2.37. The fourth-order valence-electron chi connectivity index (χ4n) is 3.41. The van der Waals surface area contributed by atoms with Gasteiger partial charge in [-0.1, -0.05) is 44.2 Å². The molecule has 0 spiro atoms. The number of fused-ring (bicyclic) bond motifs is 1. The first kappa shape index (κ1) is 23.6. The largest absolute Gasteiger partial charge is 0.495 e. The number of hydrogen-bond donors (Lipinski definition) is 1. The van der Waals surface area contributed by atoms with Gasteiger partial charge in [0.2, 0.25) is 10.0 Å². The van der Waals surface area contributed by atoms with Crippen LogP contribution in [0.15, 0.2) is 65.6 Å². The molecule has 7 nitrogen and oxygen atoms in total. The number of amides is 1. The standard InChI is InChI=1S/C24H28N2O5S/c1-4-26(5-2)32(28,29)23-17-20(11-13-22(23)30-3)24(27)25-14-15-31-21-12-10-18-8-6-7-9-19(18)16-21/h6-13,16-17H,4-5,14-15H2,1-3H3,(H,25,27). The molecule has 0 aliphatic rings. The zero-order valence-corrected chi connectivity index (χ0v) is 19.3. The Morgan fingerprint density at radius 3 is 2.38 bits per heavy atom. The third kappa shape index (κ3) is 5.20. The van der Waals surface area contributed by atoms with E-state index in [1.54, 1.807) is 19.9 Å². The molecule has 0 bridgehead atoms. The van der Waals surface area contributed by atoms with Gasteiger partial charge in [-0.15, -0.1) is 0 Å². The van der Waals surface area contributed by atoms with Gasteiger partial charge in [-0.25, -0.2) is 8.42 Å². The normalized spacial score (nSPS) is 11.5. The van der Waals surface area contributed by atoms with Crippen LogP contribution in [0.3, 0.4) is 0 Å². The van der Waals surface area contributed by atoms with Crippen LogP contribution in [0.4, 0.5) is 0 Å². The number of ether oxygens (including phenoxy) is 2. The van der Waals surface area contributed by atoms with Gasteiger partial charge in [0.15, 0.2) is 0 Å². The summed E-state index contributed by atoms with van der Waals surface area (Å²) in [5, 5.41) is 4.97. The van der Waals surface area contributed by atoms with E-state index < -0.39 is 10.0 Å². The van der Waals surface area contributed by atoms with Gasteiger partial charge in [0.05, 0.1) is 13.7 Å². The molecule has 0 aliphatic heterocycles. The molecule has 3 aromatic rings. The number of nitrogens with one attached hydrogen (secondary N) is 1. The maximum absolute atomic E-state index is 13.0. The summed E-state index contributed by atoms with van der Waals surface area (Å²) in [5.41, 5.74) is 0.238. The molecule has 32 heavy (non-hydrogen) atoms. The lowest BCUT2D eigenvalue weighted by Gasteiger charge is -2.20. The lowest BCUT2D eigenvalue weighted by molar-refractivity contribution is 0.0946. The molecule has 1 amide bonds. The van der Waals surface area contributed by atoms with Crippen molar-refractivity contribution in [2.75, 3.05) is 33.4 Å². The molecule has 0 saturated heterocycles. The minimum absolute atomic E-state index is 0.0243. The first-order chi connectivity index (χ1) is 15.4. The SMILES string of the molecule is CCN(CC)S(=O)(=O)c1cc(C(=O)NCCOc2ccc3ccccc3c2)ccc1OC. The van der Waals surface area contributed by atoms with Gasteiger partial charge in [-0.2, -0.15) is 4.31 Å². The van der Waals surface area contributed by atoms with Crippen molar-refractivity contribution in [2.24, 2.45) is 0 Å². The summed E-state index contributed by atoms with van der Waals surface area (Å²) >= 11 is 0. The van der Waals surface area contributed by atoms with Crippen LogP contribution < -0.4 is 14.8 Å². The topological polar surface area (TPSA) is 84.9 Å². The Balaban J connectivity index is 1.65. The number of carbonyl (C=O) groups is 1. The number of nitrogens with zero attached hydrogens (tertiary/aromatic N) is 1. The Hall–Kier alpha value is -3.10. The van der Waals surface area contributed by atoms with Crippen LogP contribution in [0.25, 0.3) is 10.8 Å². The molecule has 0 unspecified atom stereocenters. The summed E-state index contributed by atoms with van der Waals surface area (Å²) in [6.45, 7) is 4.73. The third-order valence-electron chi connectivity index (χ3n) is 5.13. The minimum Gasteiger partial charge on any atom is -0.495 e. The third-order valence-corrected chi connectivity index (χ3v) is 7.20. The average Bonchev–Trinajstić information content (AvgIpc) is 2.81. The Morgan fingerprint density at radius 2 is 1.69 bits per heavy atom. The molecule has 3 rings (SSSR count). The number of sulfonamides is 1. The van der Waals surface area contributed by atoms with Gasteiger partial charge < -0.3 is 14.8 Å². The second-order valence-electron chi connectivity index (χ2n) is 7.07. The van der Waals surface area contributed by atoms with Gasteiger partial charge >= 0.3 is 0 Å². The number of carbonyl (C=O) groups excluding carboxylic acids is 1. The zero-order chi connectivity index (χ0) is 23.1. The molecule has 0 aromatic heterocycles. The zero-order valence-electron chi connectivity index (χ0n) is 18.5. The van der Waals surface area contributed by atoms with Crippen molar-refractivity contribution >= 4 is 26.7 Å².